The molecule has 0 aliphatic heterocycles. The molecule has 1 saturated carbocycles. The maximum absolute atomic E-state index is 10.1. The first kappa shape index (κ1) is 7.50. The van der Waals surface area contributed by atoms with Crippen molar-refractivity contribution in [3.05, 3.63) is 0 Å². The summed E-state index contributed by atoms with van der Waals surface area (Å²) in [6.07, 6.45) is 0.652. The van der Waals surface area contributed by atoms with E-state index in [2.05, 4.69) is 0 Å². The van der Waals surface area contributed by atoms with Gasteiger partial charge in [-0.2, -0.15) is 0 Å². The summed E-state index contributed by atoms with van der Waals surface area (Å²) in [7, 11) is 0. The lowest BCUT2D eigenvalue weighted by atomic mass is 9.74. The lowest BCUT2D eigenvalue weighted by Gasteiger charge is -2.40. The van der Waals surface area contributed by atoms with Crippen molar-refractivity contribution in [2.75, 3.05) is 0 Å². The number of aliphatic carboxylic acids is 1. The second kappa shape index (κ2) is 2.21. The number of hydrogen-bond donors (Lipinski definition) is 3. The van der Waals surface area contributed by atoms with E-state index < -0.39 is 11.6 Å². The van der Waals surface area contributed by atoms with Crippen molar-refractivity contribution in [3.63, 3.8) is 0 Å². The largest absolute Gasteiger partial charge is 0.481 e. The van der Waals surface area contributed by atoms with Crippen LogP contribution in [0.1, 0.15) is 19.3 Å². The Morgan fingerprint density at radius 2 is 2.20 bits per heavy atom. The quantitative estimate of drug-likeness (QED) is 0.480. The molecule has 1 rings (SSSR count). The summed E-state index contributed by atoms with van der Waals surface area (Å²) >= 11 is 0. The molecule has 0 unspecified atom stereocenters. The SMILES string of the molecule is NC1CC(O)(CC(=O)O)C1. The van der Waals surface area contributed by atoms with Gasteiger partial charge in [-0.1, -0.05) is 0 Å². The van der Waals surface area contributed by atoms with Crippen molar-refractivity contribution in [3.8, 4) is 0 Å². The van der Waals surface area contributed by atoms with Crippen LogP contribution in [-0.4, -0.2) is 27.8 Å². The lowest BCUT2D eigenvalue weighted by Crippen LogP contribution is -2.52. The minimum absolute atomic E-state index is 0.00986. The summed E-state index contributed by atoms with van der Waals surface area (Å²) in [4.78, 5) is 10.1. The van der Waals surface area contributed by atoms with E-state index in [1.165, 1.54) is 0 Å². The number of nitrogens with two attached hydrogens (primary N) is 1. The summed E-state index contributed by atoms with van der Waals surface area (Å²) in [5.41, 5.74) is 4.37. The zero-order valence-corrected chi connectivity index (χ0v) is 5.58. The smallest absolute Gasteiger partial charge is 0.306 e. The number of rotatable bonds is 2. The molecule has 0 atom stereocenters. The van der Waals surface area contributed by atoms with E-state index >= 15 is 0 Å². The Bertz CT molecular complexity index is 151. The van der Waals surface area contributed by atoms with Gasteiger partial charge in [-0.3, -0.25) is 4.79 Å². The van der Waals surface area contributed by atoms with Gasteiger partial charge in [-0.15, -0.1) is 0 Å². The Balaban J connectivity index is 2.34. The molecule has 58 valence electrons. The second-order valence-corrected chi connectivity index (χ2v) is 2.96. The molecular formula is C6H11NO3. The highest BCUT2D eigenvalue weighted by Crippen LogP contribution is 2.33. The molecular weight excluding hydrogens is 134 g/mol. The van der Waals surface area contributed by atoms with E-state index in [1.54, 1.807) is 0 Å². The fourth-order valence-corrected chi connectivity index (χ4v) is 1.34. The topological polar surface area (TPSA) is 83.5 Å². The third-order valence-corrected chi connectivity index (χ3v) is 1.76. The van der Waals surface area contributed by atoms with Crippen molar-refractivity contribution >= 4 is 5.97 Å². The molecule has 0 bridgehead atoms. The van der Waals surface area contributed by atoms with Crippen molar-refractivity contribution in [2.24, 2.45) is 5.73 Å². The molecule has 1 aliphatic carbocycles. The monoisotopic (exact) mass is 145 g/mol. The maximum Gasteiger partial charge on any atom is 0.306 e. The predicted octanol–water partition coefficient (Wildman–Crippen LogP) is -0.687. The second-order valence-electron chi connectivity index (χ2n) is 2.96. The first-order valence-electron chi connectivity index (χ1n) is 3.22. The van der Waals surface area contributed by atoms with E-state index in [-0.39, 0.29) is 12.5 Å². The van der Waals surface area contributed by atoms with Crippen LogP contribution in [0.2, 0.25) is 0 Å². The van der Waals surface area contributed by atoms with Gasteiger partial charge in [0.1, 0.15) is 0 Å². The molecule has 10 heavy (non-hydrogen) atoms. The van der Waals surface area contributed by atoms with Crippen LogP contribution < -0.4 is 5.73 Å². The molecule has 0 aromatic heterocycles. The average molecular weight is 145 g/mol. The molecule has 0 spiro atoms. The van der Waals surface area contributed by atoms with Crippen LogP contribution in [0, 0.1) is 0 Å². The van der Waals surface area contributed by atoms with Crippen LogP contribution in [-0.2, 0) is 4.79 Å². The van der Waals surface area contributed by atoms with Gasteiger partial charge in [0.25, 0.3) is 0 Å². The van der Waals surface area contributed by atoms with Gasteiger partial charge in [0.05, 0.1) is 12.0 Å². The standard InChI is InChI=1S/C6H11NO3/c7-4-1-6(10,2-4)3-5(8)9/h4,10H,1-3,7H2,(H,8,9). The van der Waals surface area contributed by atoms with Crippen molar-refractivity contribution < 1.29 is 15.0 Å². The highest BCUT2D eigenvalue weighted by atomic mass is 16.4. The fraction of sp³-hybridized carbons (Fsp3) is 0.833. The van der Waals surface area contributed by atoms with E-state index in [9.17, 15) is 9.90 Å². The lowest BCUT2D eigenvalue weighted by molar-refractivity contribution is -0.147. The molecule has 0 aromatic rings. The van der Waals surface area contributed by atoms with E-state index in [1.807, 2.05) is 0 Å². The maximum atomic E-state index is 10.1. The number of hydrogen-bond acceptors (Lipinski definition) is 3. The van der Waals surface area contributed by atoms with Crippen LogP contribution >= 0.6 is 0 Å². The highest BCUT2D eigenvalue weighted by molar-refractivity contribution is 5.68. The predicted molar refractivity (Wildman–Crippen MR) is 34.4 cm³/mol. The first-order valence-corrected chi connectivity index (χ1v) is 3.22. The third-order valence-electron chi connectivity index (χ3n) is 1.76. The highest BCUT2D eigenvalue weighted by Gasteiger charge is 2.42. The van der Waals surface area contributed by atoms with Gasteiger partial charge >= 0.3 is 5.97 Å². The number of carboxylic acid groups (broad SMARTS) is 1. The molecule has 1 fully saturated rings. The van der Waals surface area contributed by atoms with Crippen LogP contribution in [0.4, 0.5) is 0 Å². The van der Waals surface area contributed by atoms with Crippen LogP contribution in [0.3, 0.4) is 0 Å². The van der Waals surface area contributed by atoms with Crippen molar-refractivity contribution in [1.82, 2.24) is 0 Å². The molecule has 4 N–H and O–H groups in total. The molecule has 4 heteroatoms. The van der Waals surface area contributed by atoms with Gasteiger partial charge in [0.2, 0.25) is 0 Å². The molecule has 0 saturated heterocycles. The normalized spacial score (nSPS) is 38.8. The fourth-order valence-electron chi connectivity index (χ4n) is 1.34. The Labute approximate surface area is 58.6 Å². The summed E-state index contributed by atoms with van der Waals surface area (Å²) in [5.74, 6) is -0.964. The van der Waals surface area contributed by atoms with Crippen molar-refractivity contribution in [2.45, 2.75) is 30.9 Å². The Morgan fingerprint density at radius 1 is 1.70 bits per heavy atom. The van der Waals surface area contributed by atoms with Gasteiger partial charge in [-0.25, -0.2) is 0 Å². The number of carbonyl (C=O) groups is 1. The van der Waals surface area contributed by atoms with Gasteiger partial charge in [0.15, 0.2) is 0 Å². The molecule has 0 radical (unpaired) electrons. The molecule has 0 heterocycles. The average Bonchev–Trinajstić information content (AvgIpc) is 1.57. The van der Waals surface area contributed by atoms with Crippen LogP contribution in [0.15, 0.2) is 0 Å². The Kier molecular flexibility index (Phi) is 1.66. The van der Waals surface area contributed by atoms with Gasteiger partial charge < -0.3 is 15.9 Å². The number of carboxylic acids is 1. The third kappa shape index (κ3) is 1.46. The zero-order valence-electron chi connectivity index (χ0n) is 5.58. The molecule has 4 nitrogen and oxygen atoms in total. The number of aliphatic hydroxyl groups is 1. The summed E-state index contributed by atoms with van der Waals surface area (Å²) in [6.45, 7) is 0. The van der Waals surface area contributed by atoms with Crippen LogP contribution in [0.5, 0.6) is 0 Å². The van der Waals surface area contributed by atoms with Gasteiger partial charge in [-0.05, 0) is 12.8 Å². The first-order chi connectivity index (χ1) is 4.52. The van der Waals surface area contributed by atoms with Crippen molar-refractivity contribution in [1.29, 1.82) is 0 Å². The van der Waals surface area contributed by atoms with Crippen LogP contribution in [0.25, 0.3) is 0 Å². The minimum atomic E-state index is -1.01. The minimum Gasteiger partial charge on any atom is -0.481 e. The van der Waals surface area contributed by atoms with E-state index in [0.717, 1.165) is 0 Å². The van der Waals surface area contributed by atoms with Gasteiger partial charge in [0, 0.05) is 6.04 Å². The summed E-state index contributed by atoms with van der Waals surface area (Å²) in [6, 6.07) is -0.00986. The molecule has 1 aliphatic rings. The zero-order chi connectivity index (χ0) is 7.78. The van der Waals surface area contributed by atoms with E-state index in [4.69, 9.17) is 10.8 Å². The Morgan fingerprint density at radius 3 is 2.50 bits per heavy atom. The van der Waals surface area contributed by atoms with E-state index in [0.29, 0.717) is 12.8 Å². The Hall–Kier alpha value is -0.610. The molecule has 0 amide bonds. The molecule has 0 aromatic carbocycles. The summed E-state index contributed by atoms with van der Waals surface area (Å²) < 4.78 is 0. The summed E-state index contributed by atoms with van der Waals surface area (Å²) in [5, 5.41) is 17.6.